The van der Waals surface area contributed by atoms with Gasteiger partial charge in [-0.25, -0.2) is 13.1 Å². The first-order valence-electron chi connectivity index (χ1n) is 7.91. The molecule has 0 unspecified atom stereocenters. The number of guanidine groups is 1. The number of hydrogen-bond donors (Lipinski definition) is 3. The lowest BCUT2D eigenvalue weighted by Crippen LogP contribution is -2.46. The van der Waals surface area contributed by atoms with Gasteiger partial charge in [-0.2, -0.15) is 0 Å². The highest BCUT2D eigenvalue weighted by Crippen LogP contribution is 2.03. The molecular formula is C14H33N5O2S. The molecule has 3 N–H and O–H groups in total. The Morgan fingerprint density at radius 1 is 1.05 bits per heavy atom. The minimum Gasteiger partial charge on any atom is -0.355 e. The molecule has 0 aliphatic heterocycles. The Bertz CT molecular complexity index is 413. The Kier molecular flexibility index (Phi) is 10.4. The molecule has 22 heavy (non-hydrogen) atoms. The maximum absolute atomic E-state index is 11.3. The fourth-order valence-electron chi connectivity index (χ4n) is 2.13. The third-order valence-corrected chi connectivity index (χ3v) is 4.74. The Morgan fingerprint density at radius 3 is 2.05 bits per heavy atom. The van der Waals surface area contributed by atoms with Gasteiger partial charge in [-0.15, -0.1) is 0 Å². The van der Waals surface area contributed by atoms with Gasteiger partial charge in [-0.1, -0.05) is 0 Å². The van der Waals surface area contributed by atoms with Gasteiger partial charge in [0, 0.05) is 45.3 Å². The number of sulfonamides is 1. The van der Waals surface area contributed by atoms with Crippen molar-refractivity contribution in [2.45, 2.75) is 46.7 Å². The highest BCUT2D eigenvalue weighted by molar-refractivity contribution is 7.89. The van der Waals surface area contributed by atoms with Gasteiger partial charge < -0.3 is 10.6 Å². The summed E-state index contributed by atoms with van der Waals surface area (Å²) in [5, 5.41) is 6.33. The van der Waals surface area contributed by atoms with Crippen LogP contribution in [0.5, 0.6) is 0 Å². The smallest absolute Gasteiger partial charge is 0.211 e. The Hall–Kier alpha value is -0.860. The summed E-state index contributed by atoms with van der Waals surface area (Å²) in [7, 11) is -1.43. The lowest BCUT2D eigenvalue weighted by Gasteiger charge is -2.30. The minimum absolute atomic E-state index is 0.0974. The van der Waals surface area contributed by atoms with Gasteiger partial charge in [0.1, 0.15) is 0 Å². The van der Waals surface area contributed by atoms with Crippen molar-refractivity contribution in [1.82, 2.24) is 20.3 Å². The van der Waals surface area contributed by atoms with Crippen LogP contribution in [-0.4, -0.2) is 70.3 Å². The van der Waals surface area contributed by atoms with Crippen LogP contribution in [0.25, 0.3) is 0 Å². The van der Waals surface area contributed by atoms with Crippen LogP contribution < -0.4 is 15.4 Å². The third-order valence-electron chi connectivity index (χ3n) is 3.33. The van der Waals surface area contributed by atoms with Crippen molar-refractivity contribution < 1.29 is 8.42 Å². The molecular weight excluding hydrogens is 302 g/mol. The molecule has 132 valence electrons. The van der Waals surface area contributed by atoms with Crippen LogP contribution in [0, 0.1) is 0 Å². The van der Waals surface area contributed by atoms with Crippen LogP contribution in [-0.2, 0) is 10.0 Å². The molecule has 0 saturated carbocycles. The van der Waals surface area contributed by atoms with Crippen molar-refractivity contribution in [3.05, 3.63) is 0 Å². The van der Waals surface area contributed by atoms with Crippen LogP contribution >= 0.6 is 0 Å². The first kappa shape index (κ1) is 21.1. The molecule has 7 nitrogen and oxygen atoms in total. The normalized spacial score (nSPS) is 13.2. The van der Waals surface area contributed by atoms with Crippen LogP contribution in [0.2, 0.25) is 0 Å². The average Bonchev–Trinajstić information content (AvgIpc) is 2.44. The second-order valence-corrected chi connectivity index (χ2v) is 7.74. The molecule has 0 saturated heterocycles. The Balaban J connectivity index is 4.04. The van der Waals surface area contributed by atoms with E-state index >= 15 is 0 Å². The molecule has 0 heterocycles. The van der Waals surface area contributed by atoms with E-state index in [4.69, 9.17) is 0 Å². The lowest BCUT2D eigenvalue weighted by molar-refractivity contribution is 0.178. The van der Waals surface area contributed by atoms with Crippen molar-refractivity contribution in [2.75, 3.05) is 39.0 Å². The van der Waals surface area contributed by atoms with Gasteiger partial charge >= 0.3 is 0 Å². The van der Waals surface area contributed by atoms with E-state index in [1.165, 1.54) is 0 Å². The maximum atomic E-state index is 11.3. The molecule has 0 amide bonds. The molecule has 0 aromatic carbocycles. The van der Waals surface area contributed by atoms with Crippen molar-refractivity contribution in [3.8, 4) is 0 Å². The van der Waals surface area contributed by atoms with E-state index in [1.54, 1.807) is 14.0 Å². The van der Waals surface area contributed by atoms with Gasteiger partial charge in [-0.3, -0.25) is 9.89 Å². The predicted octanol–water partition coefficient (Wildman–Crippen LogP) is 0.210. The topological polar surface area (TPSA) is 85.8 Å². The zero-order chi connectivity index (χ0) is 17.2. The molecule has 0 rings (SSSR count). The van der Waals surface area contributed by atoms with Gasteiger partial charge in [0.25, 0.3) is 0 Å². The summed E-state index contributed by atoms with van der Waals surface area (Å²) < 4.78 is 25.1. The summed E-state index contributed by atoms with van der Waals surface area (Å²) in [6.07, 6.45) is 0. The summed E-state index contributed by atoms with van der Waals surface area (Å²) in [6, 6.07) is 1.00. The summed E-state index contributed by atoms with van der Waals surface area (Å²) >= 11 is 0. The van der Waals surface area contributed by atoms with Crippen LogP contribution in [0.3, 0.4) is 0 Å². The van der Waals surface area contributed by atoms with Crippen molar-refractivity contribution in [1.29, 1.82) is 0 Å². The molecule has 0 radical (unpaired) electrons. The van der Waals surface area contributed by atoms with Crippen LogP contribution in [0.15, 0.2) is 4.99 Å². The number of hydrogen-bond acceptors (Lipinski definition) is 4. The second kappa shape index (κ2) is 10.8. The number of nitrogens with zero attached hydrogens (tertiary/aromatic N) is 2. The minimum atomic E-state index is -3.13. The molecule has 0 atom stereocenters. The summed E-state index contributed by atoms with van der Waals surface area (Å²) in [5.41, 5.74) is 0. The van der Waals surface area contributed by atoms with Crippen molar-refractivity contribution in [2.24, 2.45) is 4.99 Å². The van der Waals surface area contributed by atoms with Crippen molar-refractivity contribution in [3.63, 3.8) is 0 Å². The quantitative estimate of drug-likeness (QED) is 0.302. The average molecular weight is 336 g/mol. The summed E-state index contributed by atoms with van der Waals surface area (Å²) in [6.45, 7) is 12.9. The van der Waals surface area contributed by atoms with Gasteiger partial charge in [0.05, 0.1) is 5.75 Å². The summed E-state index contributed by atoms with van der Waals surface area (Å²) in [4.78, 5) is 6.53. The maximum Gasteiger partial charge on any atom is 0.211 e. The van der Waals surface area contributed by atoms with Gasteiger partial charge in [0.2, 0.25) is 10.0 Å². The second-order valence-electron chi connectivity index (χ2n) is 5.65. The van der Waals surface area contributed by atoms with Crippen molar-refractivity contribution >= 4 is 16.0 Å². The molecule has 0 aliphatic rings. The largest absolute Gasteiger partial charge is 0.355 e. The van der Waals surface area contributed by atoms with E-state index in [2.05, 4.69) is 52.9 Å². The monoisotopic (exact) mass is 335 g/mol. The van der Waals surface area contributed by atoms with E-state index in [1.807, 2.05) is 0 Å². The van der Waals surface area contributed by atoms with Gasteiger partial charge in [0.15, 0.2) is 5.96 Å². The van der Waals surface area contributed by atoms with E-state index in [9.17, 15) is 8.42 Å². The Labute approximate surface area is 136 Å². The highest BCUT2D eigenvalue weighted by atomic mass is 32.2. The zero-order valence-electron chi connectivity index (χ0n) is 14.8. The van der Waals surface area contributed by atoms with Crippen LogP contribution in [0.1, 0.15) is 34.6 Å². The molecule has 0 bridgehead atoms. The van der Waals surface area contributed by atoms with E-state index in [-0.39, 0.29) is 5.75 Å². The SMILES string of the molecule is CCS(=O)(=O)NCCNC(=NC)NCCN(C(C)C)C(C)C. The van der Waals surface area contributed by atoms with E-state index < -0.39 is 10.0 Å². The molecule has 0 fully saturated rings. The number of nitrogens with one attached hydrogen (secondary N) is 3. The molecule has 8 heteroatoms. The molecule has 0 spiro atoms. The first-order chi connectivity index (χ1) is 10.2. The summed E-state index contributed by atoms with van der Waals surface area (Å²) in [5.74, 6) is 0.781. The Morgan fingerprint density at radius 2 is 1.59 bits per heavy atom. The third kappa shape index (κ3) is 9.22. The fourth-order valence-corrected chi connectivity index (χ4v) is 2.74. The molecule has 0 aliphatic carbocycles. The van der Waals surface area contributed by atoms with Crippen LogP contribution in [0.4, 0.5) is 0 Å². The molecule has 0 aromatic heterocycles. The zero-order valence-corrected chi connectivity index (χ0v) is 15.6. The highest BCUT2D eigenvalue weighted by Gasteiger charge is 2.12. The van der Waals surface area contributed by atoms with E-state index in [0.29, 0.717) is 31.1 Å². The standard InChI is InChI=1S/C14H33N5O2S/c1-7-22(20,21)18-9-8-16-14(15-6)17-10-11-19(12(2)3)13(4)5/h12-13,18H,7-11H2,1-6H3,(H2,15,16,17). The van der Waals surface area contributed by atoms with E-state index in [0.717, 1.165) is 13.1 Å². The number of rotatable bonds is 10. The number of aliphatic imine (C=N–C) groups is 1. The fraction of sp³-hybridized carbons (Fsp3) is 0.929. The molecule has 0 aromatic rings. The first-order valence-corrected chi connectivity index (χ1v) is 9.56. The van der Waals surface area contributed by atoms with Gasteiger partial charge in [-0.05, 0) is 34.6 Å². The lowest BCUT2D eigenvalue weighted by atomic mass is 10.2. The predicted molar refractivity (Wildman–Crippen MR) is 93.8 cm³/mol.